The molecule has 1 aromatic carbocycles. The SMILES string of the molecule is CCC(C)Nc1cc(N)ccc1C(=O)NC. The standard InChI is InChI=1S/C12H19N3O/c1-4-8(2)15-11-7-9(13)5-6-10(11)12(16)14-3/h5-8,15H,4,13H2,1-3H3,(H,14,16). The Morgan fingerprint density at radius 3 is 2.75 bits per heavy atom. The normalized spacial score (nSPS) is 11.9. The number of nitrogen functional groups attached to an aromatic ring is 1. The van der Waals surface area contributed by atoms with Crippen molar-refractivity contribution in [2.45, 2.75) is 26.3 Å². The maximum atomic E-state index is 11.6. The number of rotatable bonds is 4. The second kappa shape index (κ2) is 5.39. The molecule has 0 aliphatic carbocycles. The van der Waals surface area contributed by atoms with Crippen molar-refractivity contribution < 1.29 is 4.79 Å². The van der Waals surface area contributed by atoms with Crippen LogP contribution in [0.4, 0.5) is 11.4 Å². The smallest absolute Gasteiger partial charge is 0.253 e. The second-order valence-corrected chi connectivity index (χ2v) is 3.84. The molecule has 0 radical (unpaired) electrons. The molecule has 4 N–H and O–H groups in total. The number of nitrogens with two attached hydrogens (primary N) is 1. The third-order valence-corrected chi connectivity index (χ3v) is 2.53. The van der Waals surface area contributed by atoms with E-state index in [1.54, 1.807) is 25.2 Å². The van der Waals surface area contributed by atoms with Gasteiger partial charge in [0.05, 0.1) is 5.56 Å². The average molecular weight is 221 g/mol. The van der Waals surface area contributed by atoms with E-state index in [-0.39, 0.29) is 5.91 Å². The van der Waals surface area contributed by atoms with E-state index in [2.05, 4.69) is 24.5 Å². The van der Waals surface area contributed by atoms with Crippen LogP contribution in [0.25, 0.3) is 0 Å². The Kier molecular flexibility index (Phi) is 4.17. The van der Waals surface area contributed by atoms with E-state index in [0.29, 0.717) is 17.3 Å². The van der Waals surface area contributed by atoms with Gasteiger partial charge in [0.1, 0.15) is 0 Å². The first-order chi connectivity index (χ1) is 7.58. The van der Waals surface area contributed by atoms with Crippen LogP contribution >= 0.6 is 0 Å². The summed E-state index contributed by atoms with van der Waals surface area (Å²) >= 11 is 0. The Morgan fingerprint density at radius 2 is 2.19 bits per heavy atom. The molecule has 0 bridgehead atoms. The summed E-state index contributed by atoms with van der Waals surface area (Å²) in [4.78, 5) is 11.6. The molecule has 0 spiro atoms. The first-order valence-corrected chi connectivity index (χ1v) is 5.46. The fourth-order valence-corrected chi connectivity index (χ4v) is 1.38. The molecule has 4 heteroatoms. The molecule has 0 aliphatic rings. The predicted molar refractivity (Wildman–Crippen MR) is 67.6 cm³/mol. The van der Waals surface area contributed by atoms with Gasteiger partial charge >= 0.3 is 0 Å². The monoisotopic (exact) mass is 221 g/mol. The number of amides is 1. The van der Waals surface area contributed by atoms with Crippen molar-refractivity contribution in [1.29, 1.82) is 0 Å². The summed E-state index contributed by atoms with van der Waals surface area (Å²) in [6, 6.07) is 5.56. The minimum absolute atomic E-state index is 0.106. The molecular formula is C12H19N3O. The zero-order valence-electron chi connectivity index (χ0n) is 10.0. The van der Waals surface area contributed by atoms with Gasteiger partial charge in [0, 0.05) is 24.5 Å². The topological polar surface area (TPSA) is 67.1 Å². The van der Waals surface area contributed by atoms with Crippen LogP contribution in [0.15, 0.2) is 18.2 Å². The number of hydrogen-bond acceptors (Lipinski definition) is 3. The summed E-state index contributed by atoms with van der Waals surface area (Å²) in [5.41, 5.74) is 7.77. The van der Waals surface area contributed by atoms with Crippen LogP contribution in [-0.2, 0) is 0 Å². The van der Waals surface area contributed by atoms with Gasteiger partial charge in [-0.2, -0.15) is 0 Å². The van der Waals surface area contributed by atoms with Crippen molar-refractivity contribution in [3.05, 3.63) is 23.8 Å². The molecule has 0 heterocycles. The largest absolute Gasteiger partial charge is 0.399 e. The highest BCUT2D eigenvalue weighted by molar-refractivity contribution is 6.00. The first kappa shape index (κ1) is 12.4. The van der Waals surface area contributed by atoms with Crippen molar-refractivity contribution in [3.8, 4) is 0 Å². The lowest BCUT2D eigenvalue weighted by molar-refractivity contribution is 0.0964. The molecule has 0 saturated heterocycles. The lowest BCUT2D eigenvalue weighted by atomic mass is 10.1. The van der Waals surface area contributed by atoms with E-state index in [0.717, 1.165) is 12.1 Å². The van der Waals surface area contributed by atoms with Gasteiger partial charge in [-0.3, -0.25) is 4.79 Å². The van der Waals surface area contributed by atoms with E-state index in [9.17, 15) is 4.79 Å². The van der Waals surface area contributed by atoms with Crippen molar-refractivity contribution in [3.63, 3.8) is 0 Å². The maximum Gasteiger partial charge on any atom is 0.253 e. The third kappa shape index (κ3) is 2.89. The third-order valence-electron chi connectivity index (χ3n) is 2.53. The molecule has 1 amide bonds. The van der Waals surface area contributed by atoms with Gasteiger partial charge in [-0.25, -0.2) is 0 Å². The summed E-state index contributed by atoms with van der Waals surface area (Å²) < 4.78 is 0. The minimum Gasteiger partial charge on any atom is -0.399 e. The fraction of sp³-hybridized carbons (Fsp3) is 0.417. The minimum atomic E-state index is -0.106. The molecule has 88 valence electrons. The molecule has 4 nitrogen and oxygen atoms in total. The number of nitrogens with one attached hydrogen (secondary N) is 2. The van der Waals surface area contributed by atoms with Crippen LogP contribution in [0.2, 0.25) is 0 Å². The summed E-state index contributed by atoms with van der Waals surface area (Å²) in [7, 11) is 1.62. The quantitative estimate of drug-likeness (QED) is 0.680. The molecule has 1 atom stereocenters. The molecule has 0 aromatic heterocycles. The molecular weight excluding hydrogens is 202 g/mol. The van der Waals surface area contributed by atoms with Gasteiger partial charge in [-0.15, -0.1) is 0 Å². The summed E-state index contributed by atoms with van der Waals surface area (Å²) in [6.07, 6.45) is 0.988. The van der Waals surface area contributed by atoms with Crippen molar-refractivity contribution in [2.75, 3.05) is 18.1 Å². The van der Waals surface area contributed by atoms with E-state index < -0.39 is 0 Å². The first-order valence-electron chi connectivity index (χ1n) is 5.46. The average Bonchev–Trinajstić information content (AvgIpc) is 2.28. The number of anilines is 2. The lowest BCUT2D eigenvalue weighted by Gasteiger charge is -2.16. The van der Waals surface area contributed by atoms with Gasteiger partial charge in [0.2, 0.25) is 0 Å². The van der Waals surface area contributed by atoms with Crippen molar-refractivity contribution in [2.24, 2.45) is 0 Å². The van der Waals surface area contributed by atoms with Gasteiger partial charge < -0.3 is 16.4 Å². The maximum absolute atomic E-state index is 11.6. The summed E-state index contributed by atoms with van der Waals surface area (Å²) in [5.74, 6) is -0.106. The predicted octanol–water partition coefficient (Wildman–Crippen LogP) is 1.84. The van der Waals surface area contributed by atoms with E-state index in [1.807, 2.05) is 0 Å². The Bertz CT molecular complexity index is 377. The molecule has 0 fully saturated rings. The molecule has 1 aromatic rings. The van der Waals surface area contributed by atoms with E-state index in [1.165, 1.54) is 0 Å². The second-order valence-electron chi connectivity index (χ2n) is 3.84. The van der Waals surface area contributed by atoms with E-state index in [4.69, 9.17) is 5.73 Å². The van der Waals surface area contributed by atoms with Crippen molar-refractivity contribution in [1.82, 2.24) is 5.32 Å². The number of carbonyl (C=O) groups excluding carboxylic acids is 1. The highest BCUT2D eigenvalue weighted by Crippen LogP contribution is 2.20. The summed E-state index contributed by atoms with van der Waals surface area (Å²) in [6.45, 7) is 4.15. The Hall–Kier alpha value is -1.71. The zero-order valence-corrected chi connectivity index (χ0v) is 10.0. The lowest BCUT2D eigenvalue weighted by Crippen LogP contribution is -2.22. The van der Waals surface area contributed by atoms with E-state index >= 15 is 0 Å². The number of hydrogen-bond donors (Lipinski definition) is 3. The van der Waals surface area contributed by atoms with Crippen LogP contribution in [0.3, 0.4) is 0 Å². The number of benzene rings is 1. The summed E-state index contributed by atoms with van der Waals surface area (Å²) in [5, 5.41) is 5.89. The molecule has 1 rings (SSSR count). The Labute approximate surface area is 96.2 Å². The van der Waals surface area contributed by atoms with Crippen molar-refractivity contribution >= 4 is 17.3 Å². The van der Waals surface area contributed by atoms with Crippen LogP contribution in [0.5, 0.6) is 0 Å². The van der Waals surface area contributed by atoms with Crippen LogP contribution in [0.1, 0.15) is 30.6 Å². The molecule has 16 heavy (non-hydrogen) atoms. The van der Waals surface area contributed by atoms with Crippen LogP contribution in [-0.4, -0.2) is 19.0 Å². The Balaban J connectivity index is 3.03. The fourth-order valence-electron chi connectivity index (χ4n) is 1.38. The van der Waals surface area contributed by atoms with Crippen LogP contribution < -0.4 is 16.4 Å². The van der Waals surface area contributed by atoms with Gasteiger partial charge in [0.15, 0.2) is 0 Å². The highest BCUT2D eigenvalue weighted by atomic mass is 16.1. The number of carbonyl (C=O) groups is 1. The Morgan fingerprint density at radius 1 is 1.50 bits per heavy atom. The molecule has 1 unspecified atom stereocenters. The molecule has 0 saturated carbocycles. The zero-order chi connectivity index (χ0) is 12.1. The van der Waals surface area contributed by atoms with Gasteiger partial charge in [-0.05, 0) is 31.5 Å². The van der Waals surface area contributed by atoms with Gasteiger partial charge in [0.25, 0.3) is 5.91 Å². The van der Waals surface area contributed by atoms with Gasteiger partial charge in [-0.1, -0.05) is 6.92 Å². The molecule has 0 aliphatic heterocycles. The highest BCUT2D eigenvalue weighted by Gasteiger charge is 2.11. The van der Waals surface area contributed by atoms with Crippen LogP contribution in [0, 0.1) is 0 Å².